The van der Waals surface area contributed by atoms with Crippen LogP contribution in [0.5, 0.6) is 0 Å². The van der Waals surface area contributed by atoms with Crippen molar-refractivity contribution in [2.24, 2.45) is 4.99 Å². The Morgan fingerprint density at radius 1 is 1.22 bits per heavy atom. The summed E-state index contributed by atoms with van der Waals surface area (Å²) in [5.41, 5.74) is -5.61. The second-order valence-corrected chi connectivity index (χ2v) is 10.6. The third-order valence-corrected chi connectivity index (χ3v) is 7.65. The standard InChI is InChI=1S/C27H34N2O15S/c1-5-12(29-9-45)26(37)44-21-15(8-40-11(3)30)42-24(27(38)7-13(31)18(28)17(23(27)34)25(35)36)20(33)22(21)43-16-6-14(39-4)19(32)10(2)41-16/h5,10,14-16,19-22,24,28,32-34,38H,6-8H2,1-4H3,(H,35,36)/b12-5+,28-18?/t10-,14-,15-,16-,19+,20-,21-,22+,24?,27?/m1/s1. The molecule has 0 spiro atoms. The lowest BCUT2D eigenvalue weighted by Gasteiger charge is -2.50. The van der Waals surface area contributed by atoms with Crippen molar-refractivity contribution in [3.63, 3.8) is 0 Å². The van der Waals surface area contributed by atoms with Crippen molar-refractivity contribution in [3.05, 3.63) is 23.1 Å². The van der Waals surface area contributed by atoms with Gasteiger partial charge in [-0.25, -0.2) is 9.59 Å². The molecule has 0 radical (unpaired) electrons. The second kappa shape index (κ2) is 14.8. The van der Waals surface area contributed by atoms with Crippen LogP contribution in [0.25, 0.3) is 0 Å². The normalized spacial score (nSPS) is 35.8. The van der Waals surface area contributed by atoms with Gasteiger partial charge in [0.25, 0.3) is 0 Å². The topological polar surface area (TPSA) is 261 Å². The Bertz CT molecular complexity index is 1330. The highest BCUT2D eigenvalue weighted by atomic mass is 32.1. The molecule has 248 valence electrons. The number of esters is 2. The predicted octanol–water partition coefficient (Wildman–Crippen LogP) is -0.887. The Hall–Kier alpha value is -3.45. The number of aliphatic imine (C=N–C) groups is 1. The van der Waals surface area contributed by atoms with Crippen LogP contribution in [-0.2, 0) is 47.6 Å². The van der Waals surface area contributed by atoms with Crippen LogP contribution in [0.2, 0.25) is 0 Å². The molecule has 0 aromatic rings. The Morgan fingerprint density at radius 2 is 1.89 bits per heavy atom. The van der Waals surface area contributed by atoms with Crippen molar-refractivity contribution in [2.45, 2.75) is 94.3 Å². The molecule has 0 aromatic heterocycles. The van der Waals surface area contributed by atoms with Crippen LogP contribution in [0.15, 0.2) is 28.1 Å². The van der Waals surface area contributed by atoms with Gasteiger partial charge in [0.15, 0.2) is 29.5 Å². The smallest absolute Gasteiger partial charge is 0.357 e. The highest BCUT2D eigenvalue weighted by Crippen LogP contribution is 2.41. The van der Waals surface area contributed by atoms with E-state index in [9.17, 15) is 44.7 Å². The van der Waals surface area contributed by atoms with Crippen molar-refractivity contribution < 1.29 is 73.1 Å². The van der Waals surface area contributed by atoms with Crippen LogP contribution in [0.3, 0.4) is 0 Å². The molecule has 3 aliphatic rings. The molecule has 10 atom stereocenters. The van der Waals surface area contributed by atoms with Gasteiger partial charge >= 0.3 is 17.9 Å². The van der Waals surface area contributed by atoms with E-state index < -0.39 is 114 Å². The van der Waals surface area contributed by atoms with E-state index in [0.717, 1.165) is 6.92 Å². The van der Waals surface area contributed by atoms with E-state index in [1.807, 2.05) is 5.16 Å². The molecule has 0 saturated carbocycles. The minimum atomic E-state index is -2.96. The number of isothiocyanates is 1. The Balaban J connectivity index is 2.15. The van der Waals surface area contributed by atoms with Gasteiger partial charge in [0.2, 0.25) is 0 Å². The van der Waals surface area contributed by atoms with Gasteiger partial charge in [0, 0.05) is 20.5 Å². The van der Waals surface area contributed by atoms with Crippen LogP contribution in [0.4, 0.5) is 0 Å². The highest BCUT2D eigenvalue weighted by molar-refractivity contribution is 7.78. The van der Waals surface area contributed by atoms with Gasteiger partial charge < -0.3 is 54.0 Å². The number of carbonyl (C=O) groups is 4. The maximum absolute atomic E-state index is 13.1. The molecule has 0 amide bonds. The van der Waals surface area contributed by atoms with Gasteiger partial charge in [0.1, 0.15) is 54.2 Å². The zero-order chi connectivity index (χ0) is 33.8. The monoisotopic (exact) mass is 658 g/mol. The Labute approximate surface area is 261 Å². The number of aliphatic hydroxyl groups excluding tert-OH is 3. The lowest BCUT2D eigenvalue weighted by molar-refractivity contribution is -0.325. The number of aliphatic hydroxyl groups is 4. The number of carbonyl (C=O) groups excluding carboxylic acids is 3. The van der Waals surface area contributed by atoms with E-state index in [-0.39, 0.29) is 12.1 Å². The molecular weight excluding hydrogens is 624 g/mol. The van der Waals surface area contributed by atoms with Crippen molar-refractivity contribution in [2.75, 3.05) is 13.7 Å². The number of ether oxygens (including phenoxy) is 6. The highest BCUT2D eigenvalue weighted by Gasteiger charge is 2.61. The van der Waals surface area contributed by atoms with Crippen molar-refractivity contribution in [3.8, 4) is 0 Å². The minimum absolute atomic E-state index is 0.115. The molecule has 1 aliphatic carbocycles. The van der Waals surface area contributed by atoms with Gasteiger partial charge in [-0.05, 0) is 26.1 Å². The van der Waals surface area contributed by atoms with E-state index in [0.29, 0.717) is 0 Å². The Morgan fingerprint density at radius 3 is 2.44 bits per heavy atom. The Kier molecular flexibility index (Phi) is 11.8. The van der Waals surface area contributed by atoms with Crippen molar-refractivity contribution in [1.82, 2.24) is 0 Å². The van der Waals surface area contributed by atoms with Crippen LogP contribution in [0.1, 0.15) is 33.6 Å². The van der Waals surface area contributed by atoms with Crippen LogP contribution < -0.4 is 0 Å². The van der Waals surface area contributed by atoms with Crippen molar-refractivity contribution in [1.29, 1.82) is 5.41 Å². The number of thiocarbonyl (C=S) groups is 1. The summed E-state index contributed by atoms with van der Waals surface area (Å²) in [7, 11) is 1.33. The predicted molar refractivity (Wildman–Crippen MR) is 150 cm³/mol. The number of ketones is 1. The molecule has 2 aliphatic heterocycles. The number of carboxylic acids is 1. The molecule has 6 N–H and O–H groups in total. The summed E-state index contributed by atoms with van der Waals surface area (Å²) in [5, 5.41) is 63.9. The summed E-state index contributed by atoms with van der Waals surface area (Å²) < 4.78 is 33.5. The largest absolute Gasteiger partial charge is 0.508 e. The summed E-state index contributed by atoms with van der Waals surface area (Å²) in [6.45, 7) is 3.31. The van der Waals surface area contributed by atoms with Gasteiger partial charge in [-0.15, -0.1) is 0 Å². The second-order valence-electron chi connectivity index (χ2n) is 10.4. The van der Waals surface area contributed by atoms with Crippen LogP contribution in [-0.4, -0.2) is 135 Å². The SMILES string of the molecule is C/C=C(/N=C=S)C(=O)O[C@H]1[C@@H](O[C@@H]2C[C@@H](OC)[C@@H](O)[C@@H](C)O2)[C@@H](O)C(C2(O)CC(=O)C(=N)C(C(=O)O)=C2O)O[C@@H]1COC(C)=O. The molecule has 2 fully saturated rings. The lowest BCUT2D eigenvalue weighted by atomic mass is 9.74. The van der Waals surface area contributed by atoms with Crippen LogP contribution >= 0.6 is 12.2 Å². The van der Waals surface area contributed by atoms with Gasteiger partial charge in [-0.1, -0.05) is 6.08 Å². The maximum atomic E-state index is 13.1. The van der Waals surface area contributed by atoms with E-state index in [4.69, 9.17) is 33.8 Å². The van der Waals surface area contributed by atoms with Gasteiger partial charge in [-0.3, -0.25) is 15.0 Å². The number of nitrogens with zero attached hydrogens (tertiary/aromatic N) is 1. The number of hydrogen-bond acceptors (Lipinski definition) is 17. The summed E-state index contributed by atoms with van der Waals surface area (Å²) in [5.74, 6) is -6.42. The molecule has 17 nitrogen and oxygen atoms in total. The number of allylic oxidation sites excluding steroid dienone is 1. The molecule has 0 aromatic carbocycles. The fourth-order valence-electron chi connectivity index (χ4n) is 5.26. The van der Waals surface area contributed by atoms with Crippen molar-refractivity contribution >= 4 is 46.8 Å². The average molecular weight is 659 g/mol. The first-order valence-corrected chi connectivity index (χ1v) is 14.0. The third-order valence-electron chi connectivity index (χ3n) is 7.56. The molecule has 2 heterocycles. The number of rotatable bonds is 10. The van der Waals surface area contributed by atoms with Gasteiger partial charge in [-0.2, -0.15) is 4.99 Å². The molecule has 2 unspecified atom stereocenters. The summed E-state index contributed by atoms with van der Waals surface area (Å²) in [6, 6.07) is 0. The van der Waals surface area contributed by atoms with Gasteiger partial charge in [0.05, 0.1) is 23.8 Å². The molecular formula is C27H34N2O15S. The third kappa shape index (κ3) is 7.51. The summed E-state index contributed by atoms with van der Waals surface area (Å²) >= 11 is 4.56. The molecule has 18 heteroatoms. The molecule has 45 heavy (non-hydrogen) atoms. The fourth-order valence-corrected chi connectivity index (χ4v) is 5.35. The number of Topliss-reactive ketones (excluding diaryl/α,β-unsaturated/α-hetero) is 1. The first-order chi connectivity index (χ1) is 21.1. The number of methoxy groups -OCH3 is 1. The molecule has 3 rings (SSSR count). The van der Waals surface area contributed by atoms with E-state index >= 15 is 0 Å². The number of nitrogens with one attached hydrogen (secondary N) is 1. The molecule has 2 saturated heterocycles. The zero-order valence-electron chi connectivity index (χ0n) is 24.6. The number of hydrogen-bond donors (Lipinski definition) is 6. The average Bonchev–Trinajstić information content (AvgIpc) is 2.97. The number of carboxylic acid groups (broad SMARTS) is 1. The summed E-state index contributed by atoms with van der Waals surface area (Å²) in [6.07, 6.45) is -13.3. The fraction of sp³-hybridized carbons (Fsp3) is 0.630. The van der Waals surface area contributed by atoms with E-state index in [1.54, 1.807) is 0 Å². The molecule has 0 bridgehead atoms. The van der Waals surface area contributed by atoms with E-state index in [2.05, 4.69) is 17.2 Å². The van der Waals surface area contributed by atoms with Crippen LogP contribution in [0, 0.1) is 5.41 Å². The minimum Gasteiger partial charge on any atom is -0.508 e. The van der Waals surface area contributed by atoms with E-state index in [1.165, 1.54) is 27.0 Å². The number of aliphatic carboxylic acids is 1. The lowest BCUT2D eigenvalue weighted by Crippen LogP contribution is -2.69. The maximum Gasteiger partial charge on any atom is 0.357 e. The first kappa shape index (κ1) is 36.0. The first-order valence-electron chi connectivity index (χ1n) is 13.6. The summed E-state index contributed by atoms with van der Waals surface area (Å²) in [4.78, 5) is 52.9. The quantitative estimate of drug-likeness (QED) is 0.0720. The zero-order valence-corrected chi connectivity index (χ0v) is 25.4.